The molecule has 1 rings (SSSR count). The van der Waals surface area contributed by atoms with Gasteiger partial charge >= 0.3 is 105 Å². The van der Waals surface area contributed by atoms with Crippen molar-refractivity contribution in [2.45, 2.75) is 34.5 Å². The molecule has 0 radical (unpaired) electrons. The van der Waals surface area contributed by atoms with Crippen LogP contribution < -0.4 is 0 Å². The zero-order valence-corrected chi connectivity index (χ0v) is 18.1. The predicted octanol–water partition coefficient (Wildman–Crippen LogP) is 1.90. The SMILES string of the molecule is C[N]1[Ge]([CH3])([CH3])[N](C)[Ge]([CH3])([CH3])[N](C)[Ge]1([CH3])[CH3]. The summed E-state index contributed by atoms with van der Waals surface area (Å²) in [5.41, 5.74) is 0. The van der Waals surface area contributed by atoms with Gasteiger partial charge in [0.05, 0.1) is 0 Å². The molecule has 0 saturated carbocycles. The molecule has 0 bridgehead atoms. The van der Waals surface area contributed by atoms with Gasteiger partial charge in [-0.2, -0.15) is 0 Å². The average molecular weight is 395 g/mol. The van der Waals surface area contributed by atoms with Crippen LogP contribution >= 0.6 is 0 Å². The fourth-order valence-electron chi connectivity index (χ4n) is 2.68. The molecule has 1 aliphatic heterocycles. The van der Waals surface area contributed by atoms with E-state index >= 15 is 0 Å². The fraction of sp³-hybridized carbons (Fsp3) is 1.00. The van der Waals surface area contributed by atoms with Crippen LogP contribution in [0.1, 0.15) is 0 Å². The second-order valence-corrected chi connectivity index (χ2v) is 39.3. The Hall–Kier alpha value is 1.51. The Morgan fingerprint density at radius 3 is 0.733 bits per heavy atom. The molecular formula is C9H27Ge3N3. The Labute approximate surface area is 105 Å². The fourth-order valence-corrected chi connectivity index (χ4v) is 74.4. The van der Waals surface area contributed by atoms with Crippen molar-refractivity contribution in [3.63, 3.8) is 0 Å². The zero-order valence-electron chi connectivity index (χ0n) is 11.8. The van der Waals surface area contributed by atoms with Crippen LogP contribution in [-0.2, 0) is 0 Å². The summed E-state index contributed by atoms with van der Waals surface area (Å²) < 4.78 is 8.53. The topological polar surface area (TPSA) is 9.72 Å². The van der Waals surface area contributed by atoms with E-state index in [-0.39, 0.29) is 0 Å². The van der Waals surface area contributed by atoms with Crippen LogP contribution in [0.3, 0.4) is 0 Å². The van der Waals surface area contributed by atoms with Crippen LogP contribution in [0.5, 0.6) is 0 Å². The Balaban J connectivity index is 3.24. The van der Waals surface area contributed by atoms with Crippen LogP contribution in [0, 0.1) is 0 Å². The molecule has 3 nitrogen and oxygen atoms in total. The standard InChI is InChI=1S/C9H27Ge3N3/c1-10(2)13(7)11(3,4)15(9)12(5,6)14(10)8/h1-9H3. The van der Waals surface area contributed by atoms with Gasteiger partial charge in [-0.3, -0.25) is 0 Å². The second kappa shape index (κ2) is 4.02. The van der Waals surface area contributed by atoms with Gasteiger partial charge in [0.15, 0.2) is 0 Å². The van der Waals surface area contributed by atoms with Gasteiger partial charge in [0, 0.05) is 0 Å². The van der Waals surface area contributed by atoms with Gasteiger partial charge in [-0.25, -0.2) is 0 Å². The van der Waals surface area contributed by atoms with E-state index in [1.165, 1.54) is 0 Å². The van der Waals surface area contributed by atoms with Gasteiger partial charge in [0.2, 0.25) is 0 Å². The first-order chi connectivity index (χ1) is 6.46. The number of hydrogen-bond donors (Lipinski definition) is 0. The zero-order chi connectivity index (χ0) is 12.2. The Morgan fingerprint density at radius 2 is 0.600 bits per heavy atom. The van der Waals surface area contributed by atoms with E-state index < -0.39 is 41.1 Å². The van der Waals surface area contributed by atoms with Gasteiger partial charge in [-0.1, -0.05) is 0 Å². The normalized spacial score (nSPS) is 31.8. The molecule has 0 amide bonds. The maximum absolute atomic E-state index is 2.84. The van der Waals surface area contributed by atoms with E-state index in [1.54, 1.807) is 0 Å². The monoisotopic (exact) mass is 399 g/mol. The minimum absolute atomic E-state index is 1.86. The van der Waals surface area contributed by atoms with Crippen molar-refractivity contribution in [3.8, 4) is 0 Å². The third-order valence-corrected chi connectivity index (χ3v) is 61.4. The molecule has 0 aromatic heterocycles. The van der Waals surface area contributed by atoms with Crippen molar-refractivity contribution in [3.05, 3.63) is 0 Å². The molecule has 0 N–H and O–H groups in total. The first-order valence-electron chi connectivity index (χ1n) is 5.68. The molecule has 15 heavy (non-hydrogen) atoms. The first kappa shape index (κ1) is 14.6. The van der Waals surface area contributed by atoms with E-state index in [2.05, 4.69) is 64.1 Å². The third-order valence-electron chi connectivity index (χ3n) is 4.92. The quantitative estimate of drug-likeness (QED) is 0.581. The predicted molar refractivity (Wildman–Crippen MR) is 75.7 cm³/mol. The Morgan fingerprint density at radius 1 is 0.467 bits per heavy atom. The summed E-state index contributed by atoms with van der Waals surface area (Å²) in [7, 11) is 7.18. The summed E-state index contributed by atoms with van der Waals surface area (Å²) in [5, 5.41) is 0. The molecule has 90 valence electrons. The Kier molecular flexibility index (Phi) is 3.90. The molecule has 0 aliphatic carbocycles. The first-order valence-corrected chi connectivity index (χ1v) is 23.9. The maximum atomic E-state index is 2.84. The summed E-state index contributed by atoms with van der Waals surface area (Å²) in [5.74, 6) is 15.4. The molecule has 0 atom stereocenters. The van der Waals surface area contributed by atoms with Crippen LogP contribution in [0.25, 0.3) is 0 Å². The van der Waals surface area contributed by atoms with Crippen molar-refractivity contribution in [2.24, 2.45) is 0 Å². The van der Waals surface area contributed by atoms with E-state index in [0.29, 0.717) is 0 Å². The van der Waals surface area contributed by atoms with Gasteiger partial charge in [-0.05, 0) is 0 Å². The van der Waals surface area contributed by atoms with E-state index in [4.69, 9.17) is 0 Å². The Bertz CT molecular complexity index is 205. The molecule has 1 heterocycles. The van der Waals surface area contributed by atoms with E-state index in [0.717, 1.165) is 0 Å². The van der Waals surface area contributed by atoms with Gasteiger partial charge in [-0.15, -0.1) is 0 Å². The number of nitrogens with zero attached hydrogens (tertiary/aromatic N) is 3. The molecule has 1 saturated heterocycles. The number of hydrogen-bond acceptors (Lipinski definition) is 3. The number of rotatable bonds is 0. The molecule has 0 aromatic carbocycles. The second-order valence-electron chi connectivity index (χ2n) is 6.16. The molecule has 0 spiro atoms. The van der Waals surface area contributed by atoms with Crippen LogP contribution in [0.4, 0.5) is 0 Å². The van der Waals surface area contributed by atoms with Crippen molar-refractivity contribution < 1.29 is 0 Å². The van der Waals surface area contributed by atoms with Crippen molar-refractivity contribution in [1.82, 2.24) is 8.44 Å². The van der Waals surface area contributed by atoms with Crippen molar-refractivity contribution >= 4 is 41.1 Å². The summed E-state index contributed by atoms with van der Waals surface area (Å²) >= 11 is -5.59. The summed E-state index contributed by atoms with van der Waals surface area (Å²) in [6.45, 7) is 0. The van der Waals surface area contributed by atoms with E-state index in [1.807, 2.05) is 0 Å². The van der Waals surface area contributed by atoms with Gasteiger partial charge in [0.1, 0.15) is 0 Å². The molecule has 0 aromatic rings. The van der Waals surface area contributed by atoms with Crippen LogP contribution in [0.2, 0.25) is 34.5 Å². The molecule has 1 fully saturated rings. The summed E-state index contributed by atoms with van der Waals surface area (Å²) in [6.07, 6.45) is 0. The molecule has 0 unspecified atom stereocenters. The summed E-state index contributed by atoms with van der Waals surface area (Å²) in [6, 6.07) is 0. The van der Waals surface area contributed by atoms with Gasteiger partial charge in [0.25, 0.3) is 0 Å². The molecule has 6 heteroatoms. The van der Waals surface area contributed by atoms with Crippen LogP contribution in [0.15, 0.2) is 0 Å². The molecular weight excluding hydrogens is 368 g/mol. The van der Waals surface area contributed by atoms with Crippen molar-refractivity contribution in [2.75, 3.05) is 21.1 Å². The van der Waals surface area contributed by atoms with Crippen LogP contribution in [-0.4, -0.2) is 70.7 Å². The summed E-state index contributed by atoms with van der Waals surface area (Å²) in [4.78, 5) is 0. The third kappa shape index (κ3) is 2.01. The minimum atomic E-state index is -1.86. The van der Waals surface area contributed by atoms with Crippen molar-refractivity contribution in [1.29, 1.82) is 0 Å². The van der Waals surface area contributed by atoms with Gasteiger partial charge < -0.3 is 0 Å². The average Bonchev–Trinajstić information content (AvgIpc) is 2.12. The van der Waals surface area contributed by atoms with E-state index in [9.17, 15) is 0 Å². The molecule has 1 aliphatic rings.